The zero-order valence-corrected chi connectivity index (χ0v) is 14.2. The van der Waals surface area contributed by atoms with Crippen LogP contribution in [0, 0.1) is 0 Å². The minimum atomic E-state index is -0.673. The van der Waals surface area contributed by atoms with Crippen LogP contribution in [-0.4, -0.2) is 31.5 Å². The molecule has 0 radical (unpaired) electrons. The van der Waals surface area contributed by atoms with E-state index in [2.05, 4.69) is 9.97 Å². The number of aromatic nitrogens is 4. The van der Waals surface area contributed by atoms with Crippen molar-refractivity contribution in [2.24, 2.45) is 7.05 Å². The first-order valence-electron chi connectivity index (χ1n) is 7.66. The van der Waals surface area contributed by atoms with Gasteiger partial charge in [-0.05, 0) is 30.7 Å². The molecule has 0 aliphatic carbocycles. The molecule has 8 heteroatoms. The Balaban J connectivity index is 2.36. The highest BCUT2D eigenvalue weighted by Gasteiger charge is 2.25. The van der Waals surface area contributed by atoms with Gasteiger partial charge in [-0.2, -0.15) is 4.98 Å². The average molecular weight is 357 g/mol. The normalized spacial score (nSPS) is 11.5. The molecule has 7 nitrogen and oxygen atoms in total. The number of rotatable bonds is 2. The minimum Gasteiger partial charge on any atom is -0.462 e. The van der Waals surface area contributed by atoms with E-state index in [9.17, 15) is 9.59 Å². The second-order valence-corrected chi connectivity index (χ2v) is 5.85. The molecule has 25 heavy (non-hydrogen) atoms. The molecule has 0 saturated carbocycles. The Morgan fingerprint density at radius 3 is 2.72 bits per heavy atom. The summed E-state index contributed by atoms with van der Waals surface area (Å²) in [5, 5.41) is 0.235. The highest BCUT2D eigenvalue weighted by Crippen LogP contribution is 2.25. The number of imidazole rings is 1. The number of hydrogen-bond donors (Lipinski definition) is 0. The molecule has 0 amide bonds. The van der Waals surface area contributed by atoms with Crippen LogP contribution in [-0.2, 0) is 11.8 Å². The van der Waals surface area contributed by atoms with Crippen molar-refractivity contribution in [2.45, 2.75) is 6.92 Å². The maximum Gasteiger partial charge on any atom is 0.345 e. The SMILES string of the molecule is CCOC(=O)c1c(=O)c2cnc(Cl)nc2n2c3ccccc3n(C)c12. The number of nitrogens with zero attached hydrogens (tertiary/aromatic N) is 4. The number of halogens is 1. The van der Waals surface area contributed by atoms with Crippen LogP contribution in [0.15, 0.2) is 35.3 Å². The lowest BCUT2D eigenvalue weighted by Crippen LogP contribution is -2.22. The van der Waals surface area contributed by atoms with Crippen molar-refractivity contribution < 1.29 is 9.53 Å². The molecule has 0 atom stereocenters. The van der Waals surface area contributed by atoms with Gasteiger partial charge >= 0.3 is 5.97 Å². The fourth-order valence-corrected chi connectivity index (χ4v) is 3.24. The molecule has 3 aromatic heterocycles. The van der Waals surface area contributed by atoms with Crippen molar-refractivity contribution in [2.75, 3.05) is 6.61 Å². The largest absolute Gasteiger partial charge is 0.462 e. The topological polar surface area (TPSA) is 78.5 Å². The molecule has 4 rings (SSSR count). The molecule has 0 aliphatic heterocycles. The smallest absolute Gasteiger partial charge is 0.345 e. The second kappa shape index (κ2) is 5.56. The van der Waals surface area contributed by atoms with E-state index in [1.54, 1.807) is 22.9 Å². The number of carbonyl (C=O) groups is 1. The van der Waals surface area contributed by atoms with Crippen molar-refractivity contribution >= 4 is 45.3 Å². The van der Waals surface area contributed by atoms with Crippen molar-refractivity contribution in [3.05, 3.63) is 51.5 Å². The first-order chi connectivity index (χ1) is 12.0. The monoisotopic (exact) mass is 356 g/mol. The molecule has 0 aliphatic rings. The Bertz CT molecular complexity index is 1230. The Kier molecular flexibility index (Phi) is 3.47. The lowest BCUT2D eigenvalue weighted by molar-refractivity contribution is 0.0526. The third kappa shape index (κ3) is 2.12. The molecule has 0 spiro atoms. The number of esters is 1. The molecule has 3 heterocycles. The van der Waals surface area contributed by atoms with E-state index < -0.39 is 11.4 Å². The molecule has 0 fully saturated rings. The highest BCUT2D eigenvalue weighted by atomic mass is 35.5. The summed E-state index contributed by atoms with van der Waals surface area (Å²) in [4.78, 5) is 33.6. The quantitative estimate of drug-likeness (QED) is 0.407. The van der Waals surface area contributed by atoms with Crippen molar-refractivity contribution in [3.63, 3.8) is 0 Å². The minimum absolute atomic E-state index is 0.0255. The average Bonchev–Trinajstić information content (AvgIpc) is 2.89. The van der Waals surface area contributed by atoms with E-state index in [1.165, 1.54) is 6.20 Å². The molecule has 1 aromatic carbocycles. The summed E-state index contributed by atoms with van der Waals surface area (Å²) in [6.45, 7) is 1.86. The Morgan fingerprint density at radius 1 is 1.28 bits per heavy atom. The Labute approximate surface area is 146 Å². The molecule has 0 saturated heterocycles. The Morgan fingerprint density at radius 2 is 2.00 bits per heavy atom. The van der Waals surface area contributed by atoms with E-state index in [0.29, 0.717) is 11.3 Å². The number of benzene rings is 1. The van der Waals surface area contributed by atoms with E-state index in [1.807, 2.05) is 24.3 Å². The van der Waals surface area contributed by atoms with Gasteiger partial charge in [0.1, 0.15) is 11.2 Å². The van der Waals surface area contributed by atoms with Gasteiger partial charge in [-0.1, -0.05) is 12.1 Å². The van der Waals surface area contributed by atoms with Gasteiger partial charge in [0.25, 0.3) is 0 Å². The molecule has 0 unspecified atom stereocenters. The first-order valence-corrected chi connectivity index (χ1v) is 8.04. The van der Waals surface area contributed by atoms with Crippen LogP contribution in [0.25, 0.3) is 27.7 Å². The van der Waals surface area contributed by atoms with Crippen LogP contribution < -0.4 is 5.43 Å². The zero-order chi connectivity index (χ0) is 17.7. The summed E-state index contributed by atoms with van der Waals surface area (Å²) in [5.74, 6) is -0.673. The third-order valence-electron chi connectivity index (χ3n) is 4.14. The van der Waals surface area contributed by atoms with E-state index in [0.717, 1.165) is 11.0 Å². The number of carbonyl (C=O) groups excluding carboxylic acids is 1. The predicted octanol–water partition coefficient (Wildman–Crippen LogP) is 2.56. The highest BCUT2D eigenvalue weighted by molar-refractivity contribution is 6.28. The summed E-state index contributed by atoms with van der Waals surface area (Å²) in [5.41, 5.74) is 1.88. The zero-order valence-electron chi connectivity index (χ0n) is 13.5. The fourth-order valence-electron chi connectivity index (χ4n) is 3.12. The van der Waals surface area contributed by atoms with Gasteiger partial charge in [0, 0.05) is 13.2 Å². The van der Waals surface area contributed by atoms with Crippen LogP contribution >= 0.6 is 11.6 Å². The van der Waals surface area contributed by atoms with Gasteiger partial charge in [0.15, 0.2) is 5.65 Å². The summed E-state index contributed by atoms with van der Waals surface area (Å²) in [7, 11) is 1.79. The lowest BCUT2D eigenvalue weighted by Gasteiger charge is -2.08. The van der Waals surface area contributed by atoms with Crippen molar-refractivity contribution in [1.82, 2.24) is 18.9 Å². The Hall–Kier alpha value is -2.93. The summed E-state index contributed by atoms with van der Waals surface area (Å²) >= 11 is 5.95. The number of pyridine rings is 1. The molecular formula is C17H13ClN4O3. The lowest BCUT2D eigenvalue weighted by atomic mass is 10.2. The fraction of sp³-hybridized carbons (Fsp3) is 0.176. The van der Waals surface area contributed by atoms with Gasteiger partial charge in [0.2, 0.25) is 10.7 Å². The maximum absolute atomic E-state index is 12.9. The van der Waals surface area contributed by atoms with E-state index in [4.69, 9.17) is 16.3 Å². The molecule has 0 N–H and O–H groups in total. The van der Waals surface area contributed by atoms with E-state index >= 15 is 0 Å². The van der Waals surface area contributed by atoms with Crippen molar-refractivity contribution in [3.8, 4) is 0 Å². The van der Waals surface area contributed by atoms with Crippen LogP contribution in [0.3, 0.4) is 0 Å². The van der Waals surface area contributed by atoms with Gasteiger partial charge in [-0.25, -0.2) is 9.78 Å². The number of aryl methyl sites for hydroxylation is 1. The number of ether oxygens (including phenoxy) is 1. The first kappa shape index (κ1) is 15.6. The maximum atomic E-state index is 12.9. The summed E-state index contributed by atoms with van der Waals surface area (Å²) in [6, 6.07) is 7.54. The summed E-state index contributed by atoms with van der Waals surface area (Å²) < 4.78 is 8.63. The van der Waals surface area contributed by atoms with Gasteiger partial charge in [0.05, 0.1) is 23.0 Å². The van der Waals surface area contributed by atoms with Crippen LogP contribution in [0.2, 0.25) is 5.28 Å². The van der Waals surface area contributed by atoms with Crippen LogP contribution in [0.4, 0.5) is 0 Å². The second-order valence-electron chi connectivity index (χ2n) is 5.51. The van der Waals surface area contributed by atoms with Crippen LogP contribution in [0.1, 0.15) is 17.3 Å². The van der Waals surface area contributed by atoms with E-state index in [-0.39, 0.29) is 22.8 Å². The third-order valence-corrected chi connectivity index (χ3v) is 4.32. The number of fused-ring (bicyclic) bond motifs is 5. The standard InChI is InChI=1S/C17H13ClN4O3/c1-3-25-16(24)12-13(23)9-8-19-17(18)20-14(9)22-11-7-5-4-6-10(11)21(2)15(12)22/h4-8H,3H2,1-2H3. The molecule has 0 bridgehead atoms. The summed E-state index contributed by atoms with van der Waals surface area (Å²) in [6.07, 6.45) is 1.34. The number of hydrogen-bond acceptors (Lipinski definition) is 5. The van der Waals surface area contributed by atoms with Gasteiger partial charge < -0.3 is 9.30 Å². The molecule has 4 aromatic rings. The number of para-hydroxylation sites is 2. The molecule has 126 valence electrons. The van der Waals surface area contributed by atoms with Gasteiger partial charge in [-0.15, -0.1) is 0 Å². The van der Waals surface area contributed by atoms with Crippen LogP contribution in [0.5, 0.6) is 0 Å². The van der Waals surface area contributed by atoms with Crippen molar-refractivity contribution in [1.29, 1.82) is 0 Å². The van der Waals surface area contributed by atoms with Gasteiger partial charge in [-0.3, -0.25) is 9.20 Å². The molecular weight excluding hydrogens is 344 g/mol. The predicted molar refractivity (Wildman–Crippen MR) is 94.2 cm³/mol.